The Labute approximate surface area is 175 Å². The number of carbonyl (C=O) groups excluding carboxylic acids is 1. The van der Waals surface area contributed by atoms with Crippen LogP contribution in [0.3, 0.4) is 0 Å². The topological polar surface area (TPSA) is 121 Å². The molecule has 80 valence electrons. The molecule has 0 aliphatic heterocycles. The molecular weight excluding hydrogens is 311 g/mol. The Morgan fingerprint density at radius 1 is 1.07 bits per heavy atom. The third-order valence-corrected chi connectivity index (χ3v) is 0.989. The molecule has 0 aromatic heterocycles. The second-order valence-electron chi connectivity index (χ2n) is 1.57. The van der Waals surface area contributed by atoms with Gasteiger partial charge in [-0.3, -0.25) is 9.79 Å². The number of carbonyl (C=O) groups is 2. The van der Waals surface area contributed by atoms with Gasteiger partial charge < -0.3 is 9.63 Å². The van der Waals surface area contributed by atoms with E-state index < -0.39 is 19.8 Å². The second-order valence-corrected chi connectivity index (χ2v) is 2.74. The zero-order valence-corrected chi connectivity index (χ0v) is 6.47. The van der Waals surface area contributed by atoms with Gasteiger partial charge in [0, 0.05) is 12.2 Å². The fourth-order valence-corrected chi connectivity index (χ4v) is 0.582. The molecule has 0 saturated carbocycles. The van der Waals surface area contributed by atoms with Crippen LogP contribution in [0.4, 0.5) is 0 Å². The van der Waals surface area contributed by atoms with E-state index in [1.54, 1.807) is 0 Å². The number of carboxylic acid groups (broad SMARTS) is 1. The van der Waals surface area contributed by atoms with E-state index in [4.69, 9.17) is 14.9 Å². The summed E-state index contributed by atoms with van der Waals surface area (Å²) in [6.45, 7) is 0. The molecule has 0 saturated heterocycles. The first-order chi connectivity index (χ1) is 5.31. The zero-order valence-electron chi connectivity index (χ0n) is 5.58. The Hall–Kier alpha value is 2.61. The van der Waals surface area contributed by atoms with E-state index >= 15 is 0 Å². The van der Waals surface area contributed by atoms with Crippen molar-refractivity contribution in [3.05, 3.63) is 12.2 Å². The van der Waals surface area contributed by atoms with Crippen molar-refractivity contribution in [2.45, 2.75) is 0 Å². The molecule has 0 rings (SSSR count). The van der Waals surface area contributed by atoms with Crippen LogP contribution in [0, 0.1) is 0 Å². The summed E-state index contributed by atoms with van der Waals surface area (Å²) in [5.41, 5.74) is 0. The molecule has 0 unspecified atom stereocenters. The molecule has 0 aliphatic rings. The maximum absolute atomic E-state index is 10.3. The summed E-state index contributed by atoms with van der Waals surface area (Å²) in [6.07, 6.45) is 0.791. The average molecular weight is 322 g/mol. The van der Waals surface area contributed by atoms with Gasteiger partial charge in [0.15, 0.2) is 0 Å². The van der Waals surface area contributed by atoms with Gasteiger partial charge in [-0.2, -0.15) is 0 Å². The number of carboxylic acids is 1. The number of hydrogen-bond acceptors (Lipinski definition) is 4. The maximum atomic E-state index is 10.3. The molecule has 0 aromatic rings. The molecule has 0 atom stereocenters. The van der Waals surface area contributed by atoms with Crippen LogP contribution in [-0.2, 0) is 18.7 Å². The molecule has 0 fully saturated rings. The Kier molecular flexibility index (Phi) is 22.8. The molecule has 7 nitrogen and oxygen atoms in total. The molecule has 0 spiro atoms. The van der Waals surface area contributed by atoms with Crippen LogP contribution in [0.15, 0.2) is 12.2 Å². The van der Waals surface area contributed by atoms with E-state index in [2.05, 4.69) is 4.52 Å². The van der Waals surface area contributed by atoms with Crippen molar-refractivity contribution in [1.29, 1.82) is 0 Å². The van der Waals surface area contributed by atoms with Crippen LogP contribution in [0.2, 0.25) is 0 Å². The Morgan fingerprint density at radius 3 is 1.73 bits per heavy atom. The molecular formula is C4H11Ca3O7P. The van der Waals surface area contributed by atoms with Crippen molar-refractivity contribution >= 4 is 133 Å². The van der Waals surface area contributed by atoms with Crippen molar-refractivity contribution in [3.8, 4) is 0 Å². The van der Waals surface area contributed by atoms with Crippen molar-refractivity contribution < 1.29 is 33.6 Å². The quantitative estimate of drug-likeness (QED) is 0.280. The van der Waals surface area contributed by atoms with Gasteiger partial charge in [0.2, 0.25) is 0 Å². The van der Waals surface area contributed by atoms with Crippen LogP contribution in [0.5, 0.6) is 0 Å². The number of phosphoric ester groups is 1. The molecule has 0 aliphatic carbocycles. The molecule has 11 heteroatoms. The molecule has 0 heterocycles. The second kappa shape index (κ2) is 13.1. The molecule has 0 amide bonds. The Morgan fingerprint density at radius 2 is 1.47 bits per heavy atom. The third-order valence-electron chi connectivity index (χ3n) is 0.571. The summed E-state index contributed by atoms with van der Waals surface area (Å²) in [5.74, 6) is -2.83. The van der Waals surface area contributed by atoms with Gasteiger partial charge in [-0.15, -0.1) is 0 Å². The van der Waals surface area contributed by atoms with Crippen LogP contribution in [0.25, 0.3) is 0 Å². The van der Waals surface area contributed by atoms with E-state index in [1.165, 1.54) is 0 Å². The molecule has 3 N–H and O–H groups in total. The summed E-state index contributed by atoms with van der Waals surface area (Å²) in [5, 5.41) is 7.97. The summed E-state index contributed by atoms with van der Waals surface area (Å²) in [6, 6.07) is 0. The van der Waals surface area contributed by atoms with Gasteiger partial charge >= 0.3 is 133 Å². The summed E-state index contributed by atoms with van der Waals surface area (Å²) in [7, 11) is -4.88. The summed E-state index contributed by atoms with van der Waals surface area (Å²) in [4.78, 5) is 36.2. The van der Waals surface area contributed by atoms with E-state index in [0.29, 0.717) is 12.2 Å². The Bertz CT molecular complexity index is 271. The van der Waals surface area contributed by atoms with Gasteiger partial charge in [0.25, 0.3) is 0 Å². The van der Waals surface area contributed by atoms with Crippen LogP contribution >= 0.6 is 7.82 Å². The predicted molar refractivity (Wildman–Crippen MR) is 60.5 cm³/mol. The van der Waals surface area contributed by atoms with Crippen molar-refractivity contribution in [2.75, 3.05) is 0 Å². The first kappa shape index (κ1) is 26.2. The number of aliphatic carboxylic acids is 1. The van der Waals surface area contributed by atoms with Gasteiger partial charge in [-0.1, -0.05) is 0 Å². The number of phosphoric acid groups is 1. The van der Waals surface area contributed by atoms with E-state index in [0.717, 1.165) is 0 Å². The third kappa shape index (κ3) is 22.3. The van der Waals surface area contributed by atoms with Crippen LogP contribution in [-0.4, -0.2) is 140 Å². The zero-order chi connectivity index (χ0) is 9.78. The fourth-order valence-electron chi connectivity index (χ4n) is 0.287. The van der Waals surface area contributed by atoms with Crippen LogP contribution < -0.4 is 0 Å². The molecule has 0 radical (unpaired) electrons. The number of hydrogen-bond donors (Lipinski definition) is 3. The van der Waals surface area contributed by atoms with Gasteiger partial charge in [-0.05, 0) is 0 Å². The summed E-state index contributed by atoms with van der Waals surface area (Å²) >= 11 is 0. The standard InChI is InChI=1S/C4H5O7P.3Ca.6H/c5-3(6)1-2-4(7)11-12(8,9)10;;;;;;;;;/h1-2H,(H,5,6)(H2,8,9,10);;;;;;;;;/b2-1+;;;;;;;;;. The fraction of sp³-hybridized carbons (Fsp3) is 0. The molecule has 15 heavy (non-hydrogen) atoms. The SMILES string of the molecule is O=C(O)/C=C/C(=O)OP(=O)(O)O.[CaH2].[CaH2].[CaH2]. The van der Waals surface area contributed by atoms with Crippen molar-refractivity contribution in [2.24, 2.45) is 0 Å². The summed E-state index contributed by atoms with van der Waals surface area (Å²) < 4.78 is 13.4. The first-order valence-corrected chi connectivity index (χ1v) is 4.04. The normalized spacial score (nSPS) is 9.20. The average Bonchev–Trinajstić information content (AvgIpc) is 1.79. The van der Waals surface area contributed by atoms with Crippen molar-refractivity contribution in [3.63, 3.8) is 0 Å². The van der Waals surface area contributed by atoms with Gasteiger partial charge in [0.1, 0.15) is 0 Å². The Balaban J connectivity index is -0.000000202. The first-order valence-electron chi connectivity index (χ1n) is 2.51. The molecule has 0 bridgehead atoms. The monoisotopic (exact) mass is 322 g/mol. The predicted octanol–water partition coefficient (Wildman–Crippen LogP) is -3.49. The number of rotatable bonds is 3. The van der Waals surface area contributed by atoms with E-state index in [1.807, 2.05) is 0 Å². The van der Waals surface area contributed by atoms with E-state index in [-0.39, 0.29) is 113 Å². The van der Waals surface area contributed by atoms with Crippen LogP contribution in [0.1, 0.15) is 0 Å². The van der Waals surface area contributed by atoms with Gasteiger partial charge in [0.05, 0.1) is 0 Å². The van der Waals surface area contributed by atoms with Gasteiger partial charge in [-0.25, -0.2) is 14.2 Å². The van der Waals surface area contributed by atoms with E-state index in [9.17, 15) is 14.2 Å². The minimum atomic E-state index is -4.88. The van der Waals surface area contributed by atoms with Crippen molar-refractivity contribution in [1.82, 2.24) is 0 Å². The minimum absolute atomic E-state index is 0. The molecule has 0 aromatic carbocycles.